The van der Waals surface area contributed by atoms with Gasteiger partial charge in [-0.1, -0.05) is 36.4 Å². The van der Waals surface area contributed by atoms with E-state index in [1.165, 1.54) is 11.1 Å². The van der Waals surface area contributed by atoms with E-state index in [1.54, 1.807) is 0 Å². The van der Waals surface area contributed by atoms with E-state index in [4.69, 9.17) is 0 Å². The molecule has 0 aliphatic rings. The molecule has 108 valence electrons. The van der Waals surface area contributed by atoms with E-state index in [9.17, 15) is 4.79 Å². The molecule has 0 bridgehead atoms. The van der Waals surface area contributed by atoms with Crippen LogP contribution in [0, 0.1) is 6.92 Å². The minimum absolute atomic E-state index is 0.634. The molecule has 0 saturated heterocycles. The van der Waals surface area contributed by atoms with Gasteiger partial charge in [-0.15, -0.1) is 0 Å². The molecule has 2 rings (SSSR count). The lowest BCUT2D eigenvalue weighted by Crippen LogP contribution is -2.11. The Hall–Kier alpha value is -2.55. The van der Waals surface area contributed by atoms with Crippen molar-refractivity contribution in [2.45, 2.75) is 13.5 Å². The summed E-state index contributed by atoms with van der Waals surface area (Å²) in [5.74, 6) is 0. The van der Waals surface area contributed by atoms with Crippen LogP contribution in [0.25, 0.3) is 5.70 Å². The first kappa shape index (κ1) is 14.9. The fourth-order valence-electron chi connectivity index (χ4n) is 2.06. The molecule has 0 aliphatic heterocycles. The van der Waals surface area contributed by atoms with Crippen molar-refractivity contribution in [3.63, 3.8) is 0 Å². The van der Waals surface area contributed by atoms with Crippen LogP contribution in [0.4, 0.5) is 5.69 Å². The standard InChI is InChI=1S/C18H20N2O/c1-13-4-6-15(7-5-13)11-20-14(2)17-8-16(12-21)9-18(10-17)19-3/h4-10,12,19-20H,2,11H2,1,3H3. The monoisotopic (exact) mass is 280 g/mol. The topological polar surface area (TPSA) is 41.1 Å². The molecule has 21 heavy (non-hydrogen) atoms. The molecule has 3 heteroatoms. The van der Waals surface area contributed by atoms with E-state index in [-0.39, 0.29) is 0 Å². The molecule has 0 atom stereocenters. The van der Waals surface area contributed by atoms with Crippen molar-refractivity contribution in [2.75, 3.05) is 12.4 Å². The summed E-state index contributed by atoms with van der Waals surface area (Å²) in [6.07, 6.45) is 0.845. The minimum atomic E-state index is 0.634. The van der Waals surface area contributed by atoms with Gasteiger partial charge in [-0.25, -0.2) is 0 Å². The Morgan fingerprint density at radius 1 is 1.19 bits per heavy atom. The summed E-state index contributed by atoms with van der Waals surface area (Å²) in [4.78, 5) is 11.0. The Morgan fingerprint density at radius 2 is 1.90 bits per heavy atom. The van der Waals surface area contributed by atoms with E-state index < -0.39 is 0 Å². The van der Waals surface area contributed by atoms with E-state index in [0.717, 1.165) is 23.2 Å². The van der Waals surface area contributed by atoms with Crippen LogP contribution in [0.3, 0.4) is 0 Å². The summed E-state index contributed by atoms with van der Waals surface area (Å²) in [6.45, 7) is 6.83. The second-order valence-electron chi connectivity index (χ2n) is 5.03. The SMILES string of the molecule is C=C(NCc1ccc(C)cc1)c1cc(C=O)cc(NC)c1. The van der Waals surface area contributed by atoms with Gasteiger partial charge in [0.25, 0.3) is 0 Å². The number of benzene rings is 2. The summed E-state index contributed by atoms with van der Waals surface area (Å²) in [6, 6.07) is 14.0. The zero-order valence-electron chi connectivity index (χ0n) is 12.4. The number of aryl methyl sites for hydroxylation is 1. The van der Waals surface area contributed by atoms with Crippen LogP contribution in [0.5, 0.6) is 0 Å². The van der Waals surface area contributed by atoms with Crippen molar-refractivity contribution in [3.05, 3.63) is 71.3 Å². The fourth-order valence-corrected chi connectivity index (χ4v) is 2.06. The molecule has 2 aromatic carbocycles. The highest BCUT2D eigenvalue weighted by atomic mass is 16.1. The third-order valence-corrected chi connectivity index (χ3v) is 3.36. The van der Waals surface area contributed by atoms with E-state index in [2.05, 4.69) is 48.4 Å². The van der Waals surface area contributed by atoms with Crippen LogP contribution in [-0.4, -0.2) is 13.3 Å². The highest BCUT2D eigenvalue weighted by Gasteiger charge is 2.03. The Balaban J connectivity index is 2.09. The first-order chi connectivity index (χ1) is 10.1. The van der Waals surface area contributed by atoms with E-state index in [1.807, 2.05) is 25.2 Å². The zero-order chi connectivity index (χ0) is 15.2. The number of rotatable bonds is 6. The van der Waals surface area contributed by atoms with Crippen molar-refractivity contribution in [2.24, 2.45) is 0 Å². The molecule has 0 unspecified atom stereocenters. The lowest BCUT2D eigenvalue weighted by molar-refractivity contribution is 0.112. The molecule has 0 spiro atoms. The van der Waals surface area contributed by atoms with Gasteiger partial charge < -0.3 is 10.6 Å². The minimum Gasteiger partial charge on any atom is -0.388 e. The lowest BCUT2D eigenvalue weighted by atomic mass is 10.1. The molecular formula is C18H20N2O. The average Bonchev–Trinajstić information content (AvgIpc) is 2.53. The summed E-state index contributed by atoms with van der Waals surface area (Å²) < 4.78 is 0. The Kier molecular flexibility index (Phi) is 4.77. The normalized spacial score (nSPS) is 10.0. The summed E-state index contributed by atoms with van der Waals surface area (Å²) in [5.41, 5.74) is 5.69. The third kappa shape index (κ3) is 3.96. The molecule has 0 saturated carbocycles. The highest BCUT2D eigenvalue weighted by molar-refractivity contribution is 5.80. The quantitative estimate of drug-likeness (QED) is 0.794. The van der Waals surface area contributed by atoms with Crippen molar-refractivity contribution < 1.29 is 4.79 Å². The summed E-state index contributed by atoms with van der Waals surface area (Å²) in [7, 11) is 1.83. The van der Waals surface area contributed by atoms with Gasteiger partial charge in [0.15, 0.2) is 0 Å². The number of nitrogens with one attached hydrogen (secondary N) is 2. The van der Waals surface area contributed by atoms with Crippen LogP contribution < -0.4 is 10.6 Å². The fraction of sp³-hybridized carbons (Fsp3) is 0.167. The summed E-state index contributed by atoms with van der Waals surface area (Å²) >= 11 is 0. The van der Waals surface area contributed by atoms with Crippen LogP contribution >= 0.6 is 0 Å². The molecule has 0 radical (unpaired) electrons. The maximum absolute atomic E-state index is 11.0. The molecule has 0 aliphatic carbocycles. The molecule has 0 heterocycles. The van der Waals surface area contributed by atoms with Crippen LogP contribution in [0.2, 0.25) is 0 Å². The number of hydrogen-bond donors (Lipinski definition) is 2. The van der Waals surface area contributed by atoms with E-state index in [0.29, 0.717) is 12.1 Å². The molecule has 0 amide bonds. The Morgan fingerprint density at radius 3 is 2.52 bits per heavy atom. The Bertz CT molecular complexity index is 645. The van der Waals surface area contributed by atoms with Crippen molar-refractivity contribution in [1.82, 2.24) is 5.32 Å². The number of aldehydes is 1. The van der Waals surface area contributed by atoms with Gasteiger partial charge in [0.2, 0.25) is 0 Å². The van der Waals surface area contributed by atoms with Crippen molar-refractivity contribution >= 4 is 17.7 Å². The van der Waals surface area contributed by atoms with Gasteiger partial charge in [0, 0.05) is 30.5 Å². The smallest absolute Gasteiger partial charge is 0.150 e. The Labute approximate surface area is 125 Å². The van der Waals surface area contributed by atoms with E-state index >= 15 is 0 Å². The largest absolute Gasteiger partial charge is 0.388 e. The average molecular weight is 280 g/mol. The number of carbonyl (C=O) groups is 1. The van der Waals surface area contributed by atoms with Crippen LogP contribution in [-0.2, 0) is 6.54 Å². The molecule has 2 N–H and O–H groups in total. The zero-order valence-corrected chi connectivity index (χ0v) is 12.4. The number of anilines is 1. The van der Waals surface area contributed by atoms with Gasteiger partial charge in [-0.2, -0.15) is 0 Å². The lowest BCUT2D eigenvalue weighted by Gasteiger charge is -2.12. The second-order valence-corrected chi connectivity index (χ2v) is 5.03. The molecule has 2 aromatic rings. The molecule has 0 aromatic heterocycles. The van der Waals surface area contributed by atoms with Crippen molar-refractivity contribution in [3.8, 4) is 0 Å². The summed E-state index contributed by atoms with van der Waals surface area (Å²) in [5, 5.41) is 6.35. The maximum Gasteiger partial charge on any atom is 0.150 e. The highest BCUT2D eigenvalue weighted by Crippen LogP contribution is 2.18. The molecule has 3 nitrogen and oxygen atoms in total. The third-order valence-electron chi connectivity index (χ3n) is 3.36. The maximum atomic E-state index is 11.0. The van der Waals surface area contributed by atoms with Crippen molar-refractivity contribution in [1.29, 1.82) is 0 Å². The number of hydrogen-bond acceptors (Lipinski definition) is 3. The van der Waals surface area contributed by atoms with Crippen LogP contribution in [0.15, 0.2) is 49.0 Å². The van der Waals surface area contributed by atoms with Gasteiger partial charge in [-0.3, -0.25) is 4.79 Å². The molecule has 0 fully saturated rings. The first-order valence-electron chi connectivity index (χ1n) is 6.89. The number of carbonyl (C=O) groups excluding carboxylic acids is 1. The van der Waals surface area contributed by atoms with Crippen LogP contribution in [0.1, 0.15) is 27.0 Å². The second kappa shape index (κ2) is 6.75. The van der Waals surface area contributed by atoms with Gasteiger partial charge in [0.05, 0.1) is 0 Å². The predicted molar refractivity (Wildman–Crippen MR) is 88.4 cm³/mol. The predicted octanol–water partition coefficient (Wildman–Crippen LogP) is 3.61. The van der Waals surface area contributed by atoms with Gasteiger partial charge in [-0.05, 0) is 36.2 Å². The van der Waals surface area contributed by atoms with Gasteiger partial charge in [0.1, 0.15) is 6.29 Å². The van der Waals surface area contributed by atoms with Gasteiger partial charge >= 0.3 is 0 Å². The first-order valence-corrected chi connectivity index (χ1v) is 6.89. The molecular weight excluding hydrogens is 260 g/mol.